The van der Waals surface area contributed by atoms with E-state index in [1.807, 2.05) is 61.5 Å². The standard InChI is InChI=1S/C20H26N2O3S2/c1-15(2)27(24,25)21-13-16(3)17-9-11-18(12-10-17)22-20(23)14-26-19-7-5-4-6-8-19/h4-12,15-16,21H,13-14H2,1-3H3,(H,22,23). The lowest BCUT2D eigenvalue weighted by molar-refractivity contribution is -0.113. The monoisotopic (exact) mass is 406 g/mol. The molecule has 2 aromatic carbocycles. The minimum absolute atomic E-state index is 0.0388. The van der Waals surface area contributed by atoms with Gasteiger partial charge in [-0.05, 0) is 49.6 Å². The lowest BCUT2D eigenvalue weighted by Gasteiger charge is -2.15. The van der Waals surface area contributed by atoms with Gasteiger partial charge in [0.1, 0.15) is 0 Å². The average Bonchev–Trinajstić information content (AvgIpc) is 2.66. The summed E-state index contributed by atoms with van der Waals surface area (Å²) in [5.74, 6) is 0.324. The van der Waals surface area contributed by atoms with Gasteiger partial charge in [-0.25, -0.2) is 13.1 Å². The molecule has 0 heterocycles. The van der Waals surface area contributed by atoms with E-state index in [4.69, 9.17) is 0 Å². The second-order valence-corrected chi connectivity index (χ2v) is 9.99. The van der Waals surface area contributed by atoms with Crippen LogP contribution in [0, 0.1) is 0 Å². The molecule has 1 unspecified atom stereocenters. The van der Waals surface area contributed by atoms with Crippen LogP contribution >= 0.6 is 11.8 Å². The molecule has 27 heavy (non-hydrogen) atoms. The van der Waals surface area contributed by atoms with Gasteiger partial charge in [0.05, 0.1) is 11.0 Å². The number of sulfonamides is 1. The Morgan fingerprint density at radius 3 is 2.22 bits per heavy atom. The van der Waals surface area contributed by atoms with E-state index < -0.39 is 15.3 Å². The maximum absolute atomic E-state index is 12.1. The highest BCUT2D eigenvalue weighted by Crippen LogP contribution is 2.20. The van der Waals surface area contributed by atoms with Crippen LogP contribution in [0.2, 0.25) is 0 Å². The highest BCUT2D eigenvalue weighted by molar-refractivity contribution is 8.00. The van der Waals surface area contributed by atoms with Crippen LogP contribution in [0.4, 0.5) is 5.69 Å². The Kier molecular flexibility index (Phi) is 7.89. The Hall–Kier alpha value is -1.83. The molecule has 7 heteroatoms. The summed E-state index contributed by atoms with van der Waals surface area (Å²) >= 11 is 1.49. The largest absolute Gasteiger partial charge is 0.325 e. The lowest BCUT2D eigenvalue weighted by Crippen LogP contribution is -2.33. The molecule has 146 valence electrons. The Morgan fingerprint density at radius 2 is 1.63 bits per heavy atom. The Labute approximate surface area is 166 Å². The van der Waals surface area contributed by atoms with Crippen molar-refractivity contribution in [3.63, 3.8) is 0 Å². The summed E-state index contributed by atoms with van der Waals surface area (Å²) in [4.78, 5) is 13.1. The Morgan fingerprint density at radius 1 is 1.00 bits per heavy atom. The molecule has 0 bridgehead atoms. The van der Waals surface area contributed by atoms with E-state index in [1.54, 1.807) is 13.8 Å². The van der Waals surface area contributed by atoms with E-state index in [0.29, 0.717) is 12.3 Å². The van der Waals surface area contributed by atoms with Crippen LogP contribution in [0.5, 0.6) is 0 Å². The number of benzene rings is 2. The molecule has 1 amide bonds. The van der Waals surface area contributed by atoms with Gasteiger partial charge in [0.2, 0.25) is 15.9 Å². The number of rotatable bonds is 9. The number of nitrogens with one attached hydrogen (secondary N) is 2. The minimum atomic E-state index is -3.26. The van der Waals surface area contributed by atoms with Crippen LogP contribution in [0.15, 0.2) is 59.5 Å². The Balaban J connectivity index is 1.84. The molecule has 0 spiro atoms. The predicted molar refractivity (Wildman–Crippen MR) is 113 cm³/mol. The van der Waals surface area contributed by atoms with Crippen molar-refractivity contribution in [2.75, 3.05) is 17.6 Å². The van der Waals surface area contributed by atoms with E-state index in [2.05, 4.69) is 10.0 Å². The zero-order chi connectivity index (χ0) is 19.9. The van der Waals surface area contributed by atoms with E-state index in [-0.39, 0.29) is 11.8 Å². The third-order valence-electron chi connectivity index (χ3n) is 4.09. The second-order valence-electron chi connectivity index (χ2n) is 6.62. The smallest absolute Gasteiger partial charge is 0.234 e. The van der Waals surface area contributed by atoms with Gasteiger partial charge in [0, 0.05) is 17.1 Å². The van der Waals surface area contributed by atoms with Gasteiger partial charge in [-0.3, -0.25) is 4.79 Å². The molecule has 2 aromatic rings. The Bertz CT molecular complexity index is 835. The van der Waals surface area contributed by atoms with Gasteiger partial charge in [0.25, 0.3) is 0 Å². The summed E-state index contributed by atoms with van der Waals surface area (Å²) in [7, 11) is -3.26. The maximum Gasteiger partial charge on any atom is 0.234 e. The molecule has 0 aliphatic heterocycles. The molecular weight excluding hydrogens is 380 g/mol. The van der Waals surface area contributed by atoms with Crippen molar-refractivity contribution >= 4 is 33.4 Å². The molecule has 0 aromatic heterocycles. The first-order valence-electron chi connectivity index (χ1n) is 8.84. The van der Waals surface area contributed by atoms with E-state index in [0.717, 1.165) is 16.1 Å². The average molecular weight is 407 g/mol. The van der Waals surface area contributed by atoms with E-state index in [1.165, 1.54) is 11.8 Å². The minimum Gasteiger partial charge on any atom is -0.325 e. The van der Waals surface area contributed by atoms with Crippen LogP contribution in [-0.4, -0.2) is 31.9 Å². The second kappa shape index (κ2) is 9.92. The fourth-order valence-electron chi connectivity index (χ4n) is 2.28. The molecule has 0 saturated carbocycles. The molecule has 5 nitrogen and oxygen atoms in total. The van der Waals surface area contributed by atoms with Crippen LogP contribution in [0.1, 0.15) is 32.3 Å². The first-order chi connectivity index (χ1) is 12.8. The number of carbonyl (C=O) groups excluding carboxylic acids is 1. The number of hydrogen-bond donors (Lipinski definition) is 2. The number of carbonyl (C=O) groups is 1. The first-order valence-corrected chi connectivity index (χ1v) is 11.4. The highest BCUT2D eigenvalue weighted by Gasteiger charge is 2.17. The molecular formula is C20H26N2O3S2. The van der Waals surface area contributed by atoms with Gasteiger partial charge in [0.15, 0.2) is 0 Å². The van der Waals surface area contributed by atoms with E-state index >= 15 is 0 Å². The van der Waals surface area contributed by atoms with Crippen LogP contribution in [0.25, 0.3) is 0 Å². The summed E-state index contributed by atoms with van der Waals surface area (Å²) in [6, 6.07) is 17.3. The summed E-state index contributed by atoms with van der Waals surface area (Å²) < 4.78 is 26.3. The summed E-state index contributed by atoms with van der Waals surface area (Å²) in [6.45, 7) is 5.62. The van der Waals surface area contributed by atoms with Crippen molar-refractivity contribution in [3.8, 4) is 0 Å². The van der Waals surface area contributed by atoms with Crippen molar-refractivity contribution in [3.05, 3.63) is 60.2 Å². The molecule has 2 N–H and O–H groups in total. The molecule has 0 saturated heterocycles. The van der Waals surface area contributed by atoms with Crippen molar-refractivity contribution in [1.29, 1.82) is 0 Å². The van der Waals surface area contributed by atoms with Gasteiger partial charge in [-0.2, -0.15) is 0 Å². The predicted octanol–water partition coefficient (Wildman–Crippen LogP) is 3.85. The topological polar surface area (TPSA) is 75.3 Å². The van der Waals surface area contributed by atoms with E-state index in [9.17, 15) is 13.2 Å². The van der Waals surface area contributed by atoms with Crippen LogP contribution < -0.4 is 10.0 Å². The van der Waals surface area contributed by atoms with Crippen LogP contribution in [0.3, 0.4) is 0 Å². The zero-order valence-electron chi connectivity index (χ0n) is 15.8. The molecule has 1 atom stereocenters. The lowest BCUT2D eigenvalue weighted by atomic mass is 10.0. The van der Waals surface area contributed by atoms with Crippen LogP contribution in [-0.2, 0) is 14.8 Å². The molecule has 0 radical (unpaired) electrons. The molecule has 2 rings (SSSR count). The van der Waals surface area contributed by atoms with Gasteiger partial charge >= 0.3 is 0 Å². The van der Waals surface area contributed by atoms with Gasteiger partial charge < -0.3 is 5.32 Å². The number of thioether (sulfide) groups is 1. The number of hydrogen-bond acceptors (Lipinski definition) is 4. The van der Waals surface area contributed by atoms with Gasteiger partial charge in [-0.15, -0.1) is 11.8 Å². The molecule has 0 fully saturated rings. The van der Waals surface area contributed by atoms with Crippen molar-refractivity contribution < 1.29 is 13.2 Å². The number of amides is 1. The van der Waals surface area contributed by atoms with Crippen molar-refractivity contribution in [2.45, 2.75) is 36.8 Å². The summed E-state index contributed by atoms with van der Waals surface area (Å²) in [6.07, 6.45) is 0. The fourth-order valence-corrected chi connectivity index (χ4v) is 3.82. The fraction of sp³-hybridized carbons (Fsp3) is 0.350. The third-order valence-corrected chi connectivity index (χ3v) is 6.91. The summed E-state index contributed by atoms with van der Waals surface area (Å²) in [5.41, 5.74) is 1.74. The normalized spacial score (nSPS) is 12.7. The molecule has 0 aliphatic carbocycles. The number of anilines is 1. The van der Waals surface area contributed by atoms with Gasteiger partial charge in [-0.1, -0.05) is 37.3 Å². The SMILES string of the molecule is CC(CNS(=O)(=O)C(C)C)c1ccc(NC(=O)CSc2ccccc2)cc1. The highest BCUT2D eigenvalue weighted by atomic mass is 32.2. The van der Waals surface area contributed by atoms with Crippen molar-refractivity contribution in [2.24, 2.45) is 0 Å². The van der Waals surface area contributed by atoms with Crippen molar-refractivity contribution in [1.82, 2.24) is 4.72 Å². The third kappa shape index (κ3) is 7.01. The molecule has 0 aliphatic rings. The first kappa shape index (κ1) is 21.5. The quantitative estimate of drug-likeness (QED) is 0.620. The summed E-state index contributed by atoms with van der Waals surface area (Å²) in [5, 5.41) is 2.43. The zero-order valence-corrected chi connectivity index (χ0v) is 17.4. The maximum atomic E-state index is 12.1.